The lowest BCUT2D eigenvalue weighted by atomic mass is 9.92. The molecule has 1 aromatic rings. The topological polar surface area (TPSA) is 3.24 Å². The van der Waals surface area contributed by atoms with E-state index in [0.717, 1.165) is 18.4 Å². The summed E-state index contributed by atoms with van der Waals surface area (Å²) in [5.74, 6) is 2.17. The summed E-state index contributed by atoms with van der Waals surface area (Å²) in [6.45, 7) is 3.78. The largest absolute Gasteiger partial charge is 0.299 e. The molecule has 1 aliphatic heterocycles. The van der Waals surface area contributed by atoms with Crippen molar-refractivity contribution < 1.29 is 0 Å². The van der Waals surface area contributed by atoms with E-state index in [-0.39, 0.29) is 0 Å². The second-order valence-corrected chi connectivity index (χ2v) is 5.44. The molecule has 1 heteroatoms. The van der Waals surface area contributed by atoms with E-state index in [1.165, 1.54) is 44.3 Å². The van der Waals surface area contributed by atoms with Gasteiger partial charge >= 0.3 is 0 Å². The fourth-order valence-corrected chi connectivity index (χ4v) is 2.99. The third-order valence-electron chi connectivity index (χ3n) is 4.17. The summed E-state index contributed by atoms with van der Waals surface area (Å²) >= 11 is 0. The molecule has 86 valence electrons. The molecule has 0 radical (unpaired) electrons. The van der Waals surface area contributed by atoms with Crippen LogP contribution in [0.25, 0.3) is 0 Å². The number of benzene rings is 1. The standard InChI is InChI=1S/C15H21N/c1-2-4-13(5-3-1)12-16-10-8-15(9-11-16)14-6-7-14/h1-5,14-15H,6-12H2. The average Bonchev–Trinajstić information content (AvgIpc) is 3.15. The minimum atomic E-state index is 1.06. The van der Waals surface area contributed by atoms with Crippen molar-refractivity contribution in [3.8, 4) is 0 Å². The van der Waals surface area contributed by atoms with Crippen molar-refractivity contribution >= 4 is 0 Å². The van der Waals surface area contributed by atoms with Crippen LogP contribution in [0.4, 0.5) is 0 Å². The van der Waals surface area contributed by atoms with Crippen molar-refractivity contribution in [3.05, 3.63) is 35.9 Å². The van der Waals surface area contributed by atoms with E-state index in [0.29, 0.717) is 0 Å². The van der Waals surface area contributed by atoms with Gasteiger partial charge in [0.1, 0.15) is 0 Å². The Morgan fingerprint density at radius 1 is 0.875 bits per heavy atom. The van der Waals surface area contributed by atoms with Crippen molar-refractivity contribution in [2.75, 3.05) is 13.1 Å². The minimum Gasteiger partial charge on any atom is -0.299 e. The molecule has 0 aromatic heterocycles. The van der Waals surface area contributed by atoms with Crippen LogP contribution in [-0.4, -0.2) is 18.0 Å². The molecule has 0 unspecified atom stereocenters. The van der Waals surface area contributed by atoms with Gasteiger partial charge in [-0.3, -0.25) is 4.90 Å². The molecule has 3 rings (SSSR count). The maximum Gasteiger partial charge on any atom is 0.0233 e. The molecular formula is C15H21N. The van der Waals surface area contributed by atoms with E-state index in [1.54, 1.807) is 0 Å². The van der Waals surface area contributed by atoms with Crippen LogP contribution in [0, 0.1) is 11.8 Å². The first-order chi connectivity index (χ1) is 7.92. The van der Waals surface area contributed by atoms with Crippen LogP contribution >= 0.6 is 0 Å². The lowest BCUT2D eigenvalue weighted by molar-refractivity contribution is 0.166. The van der Waals surface area contributed by atoms with Gasteiger partial charge in [-0.1, -0.05) is 30.3 Å². The Labute approximate surface area is 98.5 Å². The van der Waals surface area contributed by atoms with Crippen LogP contribution in [0.1, 0.15) is 31.2 Å². The van der Waals surface area contributed by atoms with Gasteiger partial charge in [0, 0.05) is 6.54 Å². The highest BCUT2D eigenvalue weighted by Gasteiger charge is 2.33. The molecule has 0 amide bonds. The Morgan fingerprint density at radius 3 is 2.12 bits per heavy atom. The highest BCUT2D eigenvalue weighted by molar-refractivity contribution is 5.14. The molecule has 0 bridgehead atoms. The van der Waals surface area contributed by atoms with Gasteiger partial charge < -0.3 is 0 Å². The molecule has 16 heavy (non-hydrogen) atoms. The molecule has 2 aliphatic rings. The Morgan fingerprint density at radius 2 is 1.50 bits per heavy atom. The monoisotopic (exact) mass is 215 g/mol. The second-order valence-electron chi connectivity index (χ2n) is 5.44. The van der Waals surface area contributed by atoms with Crippen molar-refractivity contribution in [1.82, 2.24) is 4.90 Å². The molecular weight excluding hydrogens is 194 g/mol. The van der Waals surface area contributed by atoms with Crippen LogP contribution in [0.2, 0.25) is 0 Å². The molecule has 1 aromatic carbocycles. The normalized spacial score (nSPS) is 23.5. The lowest BCUT2D eigenvalue weighted by Crippen LogP contribution is -2.33. The SMILES string of the molecule is c1ccc(CN2CCC(C3CC3)CC2)cc1. The third-order valence-corrected chi connectivity index (χ3v) is 4.17. The van der Waals surface area contributed by atoms with Crippen LogP contribution in [-0.2, 0) is 6.54 Å². The summed E-state index contributed by atoms with van der Waals surface area (Å²) in [5, 5.41) is 0. The molecule has 1 heterocycles. The summed E-state index contributed by atoms with van der Waals surface area (Å²) in [6.07, 6.45) is 5.92. The third kappa shape index (κ3) is 2.46. The van der Waals surface area contributed by atoms with Gasteiger partial charge in [-0.2, -0.15) is 0 Å². The highest BCUT2D eigenvalue weighted by Crippen LogP contribution is 2.41. The highest BCUT2D eigenvalue weighted by atomic mass is 15.1. The van der Waals surface area contributed by atoms with Gasteiger partial charge in [-0.15, -0.1) is 0 Å². The van der Waals surface area contributed by atoms with Gasteiger partial charge in [0.25, 0.3) is 0 Å². The van der Waals surface area contributed by atoms with Crippen LogP contribution in [0.5, 0.6) is 0 Å². The number of likely N-dealkylation sites (tertiary alicyclic amines) is 1. The fourth-order valence-electron chi connectivity index (χ4n) is 2.99. The number of piperidine rings is 1. The molecule has 1 saturated heterocycles. The number of nitrogens with zero attached hydrogens (tertiary/aromatic N) is 1. The van der Waals surface area contributed by atoms with Gasteiger partial charge in [0.15, 0.2) is 0 Å². The molecule has 0 atom stereocenters. The van der Waals surface area contributed by atoms with E-state index in [1.807, 2.05) is 0 Å². The van der Waals surface area contributed by atoms with Gasteiger partial charge in [-0.05, 0) is 56.2 Å². The van der Waals surface area contributed by atoms with Crippen molar-refractivity contribution in [2.24, 2.45) is 11.8 Å². The first kappa shape index (κ1) is 10.3. The fraction of sp³-hybridized carbons (Fsp3) is 0.600. The molecule has 1 aliphatic carbocycles. The molecule has 1 saturated carbocycles. The molecule has 0 spiro atoms. The zero-order chi connectivity index (χ0) is 10.8. The predicted octanol–water partition coefficient (Wildman–Crippen LogP) is 3.31. The maximum atomic E-state index is 2.62. The Balaban J connectivity index is 1.50. The molecule has 0 N–H and O–H groups in total. The van der Waals surface area contributed by atoms with E-state index < -0.39 is 0 Å². The first-order valence-corrected chi connectivity index (χ1v) is 6.68. The average molecular weight is 215 g/mol. The predicted molar refractivity (Wildman–Crippen MR) is 67.2 cm³/mol. The minimum absolute atomic E-state index is 1.06. The Kier molecular flexibility index (Phi) is 2.96. The zero-order valence-corrected chi connectivity index (χ0v) is 9.94. The van der Waals surface area contributed by atoms with E-state index in [2.05, 4.69) is 35.2 Å². The quantitative estimate of drug-likeness (QED) is 0.747. The summed E-state index contributed by atoms with van der Waals surface area (Å²) in [4.78, 5) is 2.62. The molecule has 2 fully saturated rings. The van der Waals surface area contributed by atoms with Crippen molar-refractivity contribution in [2.45, 2.75) is 32.2 Å². The maximum absolute atomic E-state index is 2.62. The van der Waals surface area contributed by atoms with Gasteiger partial charge in [0.05, 0.1) is 0 Å². The smallest absolute Gasteiger partial charge is 0.0233 e. The first-order valence-electron chi connectivity index (χ1n) is 6.68. The number of rotatable bonds is 3. The van der Waals surface area contributed by atoms with Gasteiger partial charge in [0.2, 0.25) is 0 Å². The summed E-state index contributed by atoms with van der Waals surface area (Å²) in [7, 11) is 0. The van der Waals surface area contributed by atoms with Crippen molar-refractivity contribution in [3.63, 3.8) is 0 Å². The number of hydrogen-bond acceptors (Lipinski definition) is 1. The van der Waals surface area contributed by atoms with E-state index >= 15 is 0 Å². The number of hydrogen-bond donors (Lipinski definition) is 0. The van der Waals surface area contributed by atoms with Crippen LogP contribution < -0.4 is 0 Å². The van der Waals surface area contributed by atoms with Gasteiger partial charge in [-0.25, -0.2) is 0 Å². The Bertz CT molecular complexity index is 321. The van der Waals surface area contributed by atoms with E-state index in [4.69, 9.17) is 0 Å². The summed E-state index contributed by atoms with van der Waals surface area (Å²) in [5.41, 5.74) is 1.47. The lowest BCUT2D eigenvalue weighted by Gasteiger charge is -2.32. The molecule has 1 nitrogen and oxygen atoms in total. The summed E-state index contributed by atoms with van der Waals surface area (Å²) < 4.78 is 0. The van der Waals surface area contributed by atoms with Crippen molar-refractivity contribution in [1.29, 1.82) is 0 Å². The summed E-state index contributed by atoms with van der Waals surface area (Å²) in [6, 6.07) is 10.9. The van der Waals surface area contributed by atoms with E-state index in [9.17, 15) is 0 Å². The Hall–Kier alpha value is -0.820. The van der Waals surface area contributed by atoms with Crippen LogP contribution in [0.15, 0.2) is 30.3 Å². The van der Waals surface area contributed by atoms with Crippen LogP contribution in [0.3, 0.4) is 0 Å². The zero-order valence-electron chi connectivity index (χ0n) is 9.94. The second kappa shape index (κ2) is 4.58.